The van der Waals surface area contributed by atoms with E-state index in [9.17, 15) is 4.79 Å². The Morgan fingerprint density at radius 3 is 2.88 bits per heavy atom. The molecule has 0 amide bonds. The Balaban J connectivity index is 0.00000128. The highest BCUT2D eigenvalue weighted by Crippen LogP contribution is 2.31. The van der Waals surface area contributed by atoms with Gasteiger partial charge in [-0.2, -0.15) is 0 Å². The molecule has 1 aromatic carbocycles. The lowest BCUT2D eigenvalue weighted by molar-refractivity contribution is -0.0286. The van der Waals surface area contributed by atoms with Gasteiger partial charge in [0.15, 0.2) is 0 Å². The Kier molecular flexibility index (Phi) is 4.47. The Morgan fingerprint density at radius 1 is 1.50 bits per heavy atom. The molecule has 1 aliphatic rings. The van der Waals surface area contributed by atoms with Crippen LogP contribution in [0.2, 0.25) is 0 Å². The molecule has 1 aromatic rings. The highest BCUT2D eigenvalue weighted by molar-refractivity contribution is 5.85. The molecule has 0 saturated carbocycles. The van der Waals surface area contributed by atoms with Crippen molar-refractivity contribution in [1.29, 1.82) is 0 Å². The minimum atomic E-state index is -0.390. The van der Waals surface area contributed by atoms with Crippen LogP contribution in [0.5, 0.6) is 0 Å². The Morgan fingerprint density at radius 2 is 2.31 bits per heavy atom. The van der Waals surface area contributed by atoms with E-state index in [-0.39, 0.29) is 18.1 Å². The molecule has 88 valence electrons. The van der Waals surface area contributed by atoms with Crippen LogP contribution in [0.1, 0.15) is 28.8 Å². The molecule has 0 radical (unpaired) electrons. The molecule has 1 heterocycles. The molecule has 16 heavy (non-hydrogen) atoms. The molecule has 0 unspecified atom stereocenters. The van der Waals surface area contributed by atoms with Gasteiger partial charge in [0.25, 0.3) is 0 Å². The maximum absolute atomic E-state index is 10.7. The summed E-state index contributed by atoms with van der Waals surface area (Å²) in [5, 5.41) is 3.35. The van der Waals surface area contributed by atoms with Crippen molar-refractivity contribution in [1.82, 2.24) is 5.32 Å². The van der Waals surface area contributed by atoms with Crippen molar-refractivity contribution >= 4 is 18.7 Å². The number of benzene rings is 1. The molecule has 0 aromatic heterocycles. The minimum absolute atomic E-state index is 0. The van der Waals surface area contributed by atoms with Gasteiger partial charge in [-0.05, 0) is 31.0 Å². The first-order valence-electron chi connectivity index (χ1n) is 5.17. The summed E-state index contributed by atoms with van der Waals surface area (Å²) >= 11 is 0. The number of halogens is 1. The highest BCUT2D eigenvalue weighted by atomic mass is 35.5. The fourth-order valence-electron chi connectivity index (χ4n) is 2.12. The second-order valence-electron chi connectivity index (χ2n) is 3.80. The summed E-state index contributed by atoms with van der Waals surface area (Å²) < 4.78 is 5.56. The summed E-state index contributed by atoms with van der Waals surface area (Å²) in [7, 11) is 1.70. The smallest absolute Gasteiger partial charge is 0.150 e. The van der Waals surface area contributed by atoms with Crippen LogP contribution in [0, 0.1) is 0 Å². The molecule has 1 fully saturated rings. The average molecular weight is 242 g/mol. The second-order valence-corrected chi connectivity index (χ2v) is 3.80. The van der Waals surface area contributed by atoms with Crippen LogP contribution >= 0.6 is 12.4 Å². The van der Waals surface area contributed by atoms with Crippen LogP contribution in [-0.4, -0.2) is 19.9 Å². The van der Waals surface area contributed by atoms with Crippen LogP contribution < -0.4 is 5.32 Å². The molecule has 1 aliphatic heterocycles. The molecule has 4 heteroatoms. The normalized spacial score (nSPS) is 23.8. The number of ether oxygens (including phenoxy) is 1. The van der Waals surface area contributed by atoms with E-state index < -0.39 is 0 Å². The summed E-state index contributed by atoms with van der Waals surface area (Å²) in [6.45, 7) is 0.957. The van der Waals surface area contributed by atoms with Crippen molar-refractivity contribution in [3.05, 3.63) is 35.4 Å². The van der Waals surface area contributed by atoms with E-state index in [0.29, 0.717) is 5.56 Å². The average Bonchev–Trinajstić information content (AvgIpc) is 2.79. The van der Waals surface area contributed by atoms with E-state index in [2.05, 4.69) is 5.32 Å². The molecule has 1 saturated heterocycles. The topological polar surface area (TPSA) is 38.3 Å². The van der Waals surface area contributed by atoms with E-state index in [4.69, 9.17) is 4.74 Å². The van der Waals surface area contributed by atoms with Crippen LogP contribution in [0.25, 0.3) is 0 Å². The van der Waals surface area contributed by atoms with Crippen molar-refractivity contribution in [3.8, 4) is 0 Å². The number of carbonyl (C=O) groups is 1. The second kappa shape index (κ2) is 5.43. The van der Waals surface area contributed by atoms with Gasteiger partial charge in [0.1, 0.15) is 12.0 Å². The standard InChI is InChI=1S/C12H15NO2.ClH/c1-15-12(6-3-7-13-12)11-5-2-4-10(8-11)9-14;/h2,4-5,8-9,13H,3,6-7H2,1H3;1H/t12-;/m0./s1. The zero-order chi connectivity index (χ0) is 10.7. The van der Waals surface area contributed by atoms with Crippen LogP contribution in [0.3, 0.4) is 0 Å². The fourth-order valence-corrected chi connectivity index (χ4v) is 2.12. The first-order chi connectivity index (χ1) is 7.30. The first-order valence-corrected chi connectivity index (χ1v) is 5.17. The van der Waals surface area contributed by atoms with Crippen LogP contribution in [-0.2, 0) is 10.5 Å². The van der Waals surface area contributed by atoms with Crippen LogP contribution in [0.4, 0.5) is 0 Å². The largest absolute Gasteiger partial charge is 0.360 e. The number of rotatable bonds is 3. The Labute approximate surface area is 102 Å². The predicted molar refractivity (Wildman–Crippen MR) is 65.0 cm³/mol. The van der Waals surface area contributed by atoms with Crippen LogP contribution in [0.15, 0.2) is 24.3 Å². The van der Waals surface area contributed by atoms with Gasteiger partial charge in [-0.15, -0.1) is 12.4 Å². The van der Waals surface area contributed by atoms with Gasteiger partial charge in [-0.1, -0.05) is 18.2 Å². The third-order valence-electron chi connectivity index (χ3n) is 2.95. The molecule has 0 aliphatic carbocycles. The highest BCUT2D eigenvalue weighted by Gasteiger charge is 2.35. The van der Waals surface area contributed by atoms with Crippen molar-refractivity contribution in [2.75, 3.05) is 13.7 Å². The Bertz CT molecular complexity index is 362. The summed E-state index contributed by atoms with van der Waals surface area (Å²) in [6.07, 6.45) is 2.91. The van der Waals surface area contributed by atoms with Crippen molar-refractivity contribution in [2.24, 2.45) is 0 Å². The molecule has 1 N–H and O–H groups in total. The van der Waals surface area contributed by atoms with Gasteiger partial charge in [0.05, 0.1) is 0 Å². The number of hydrogen-bond acceptors (Lipinski definition) is 3. The van der Waals surface area contributed by atoms with Gasteiger partial charge in [-0.25, -0.2) is 0 Å². The van der Waals surface area contributed by atoms with E-state index in [0.717, 1.165) is 31.2 Å². The van der Waals surface area contributed by atoms with Crippen molar-refractivity contribution < 1.29 is 9.53 Å². The van der Waals surface area contributed by atoms with Gasteiger partial charge in [0, 0.05) is 12.7 Å². The van der Waals surface area contributed by atoms with E-state index >= 15 is 0 Å². The number of aldehydes is 1. The summed E-state index contributed by atoms with van der Waals surface area (Å²) in [5.41, 5.74) is 1.34. The molecule has 2 rings (SSSR count). The molecule has 0 spiro atoms. The predicted octanol–water partition coefficient (Wildman–Crippen LogP) is 2.10. The molecular formula is C12H16ClNO2. The van der Waals surface area contributed by atoms with Gasteiger partial charge < -0.3 is 4.74 Å². The van der Waals surface area contributed by atoms with Crippen molar-refractivity contribution in [3.63, 3.8) is 0 Å². The number of carbonyl (C=O) groups excluding carboxylic acids is 1. The zero-order valence-electron chi connectivity index (χ0n) is 9.23. The lowest BCUT2D eigenvalue weighted by Crippen LogP contribution is -2.38. The zero-order valence-corrected chi connectivity index (χ0v) is 10.0. The van der Waals surface area contributed by atoms with Gasteiger partial charge >= 0.3 is 0 Å². The Hall–Kier alpha value is -0.900. The maximum Gasteiger partial charge on any atom is 0.150 e. The maximum atomic E-state index is 10.7. The van der Waals surface area contributed by atoms with Gasteiger partial charge in [0.2, 0.25) is 0 Å². The summed E-state index contributed by atoms with van der Waals surface area (Å²) in [6, 6.07) is 7.57. The molecule has 0 bridgehead atoms. The van der Waals surface area contributed by atoms with Crippen molar-refractivity contribution in [2.45, 2.75) is 18.6 Å². The fraction of sp³-hybridized carbons (Fsp3) is 0.417. The monoisotopic (exact) mass is 241 g/mol. The van der Waals surface area contributed by atoms with E-state index in [1.807, 2.05) is 18.2 Å². The summed E-state index contributed by atoms with van der Waals surface area (Å²) in [5.74, 6) is 0. The quantitative estimate of drug-likeness (QED) is 0.824. The summed E-state index contributed by atoms with van der Waals surface area (Å²) in [4.78, 5) is 10.7. The third kappa shape index (κ3) is 2.26. The molecule has 1 atom stereocenters. The number of methoxy groups -OCH3 is 1. The molecular weight excluding hydrogens is 226 g/mol. The van der Waals surface area contributed by atoms with Gasteiger partial charge in [-0.3, -0.25) is 10.1 Å². The lowest BCUT2D eigenvalue weighted by atomic mass is 9.99. The number of nitrogens with one attached hydrogen (secondary N) is 1. The third-order valence-corrected chi connectivity index (χ3v) is 2.95. The molecule has 3 nitrogen and oxygen atoms in total. The lowest BCUT2D eigenvalue weighted by Gasteiger charge is -2.28. The SMILES string of the molecule is CO[C@]1(c2cccc(C=O)c2)CCCN1.Cl. The first kappa shape index (κ1) is 13.2. The number of hydrogen-bond donors (Lipinski definition) is 1. The minimum Gasteiger partial charge on any atom is -0.360 e. The van der Waals surface area contributed by atoms with E-state index in [1.54, 1.807) is 13.2 Å². The van der Waals surface area contributed by atoms with E-state index in [1.165, 1.54) is 0 Å².